The zero-order valence-corrected chi connectivity index (χ0v) is 18.2. The molecule has 0 aliphatic carbocycles. The Labute approximate surface area is 173 Å². The van der Waals surface area contributed by atoms with E-state index in [2.05, 4.69) is 34.4 Å². The normalized spacial score (nSPS) is 12.1. The van der Waals surface area contributed by atoms with Crippen molar-refractivity contribution in [2.75, 3.05) is 27.2 Å². The van der Waals surface area contributed by atoms with Crippen LogP contribution < -0.4 is 4.72 Å². The highest BCUT2D eigenvalue weighted by Crippen LogP contribution is 2.17. The largest absolute Gasteiger partial charge is 0.328 e. The standard InChI is InChI=1S/C22H30N4O2S/c1-4-18-10-12-19(13-11-18)29(27,28)23-15-14-22-24-20-8-5-6-9-21(20)26(22)17-7-16-25(2)3/h5-6,8-13,23H,4,7,14-17H2,1-3H3. The average molecular weight is 415 g/mol. The first-order chi connectivity index (χ1) is 13.9. The van der Waals surface area contributed by atoms with Gasteiger partial charge in [-0.3, -0.25) is 0 Å². The zero-order valence-electron chi connectivity index (χ0n) is 17.4. The number of aromatic nitrogens is 2. The maximum absolute atomic E-state index is 12.6. The van der Waals surface area contributed by atoms with Crippen LogP contribution >= 0.6 is 0 Å². The van der Waals surface area contributed by atoms with E-state index in [1.807, 2.05) is 37.3 Å². The average Bonchev–Trinajstić information content (AvgIpc) is 3.05. The number of nitrogens with zero attached hydrogens (tertiary/aromatic N) is 3. The zero-order chi connectivity index (χ0) is 20.9. The van der Waals surface area contributed by atoms with Crippen LogP contribution in [0.25, 0.3) is 11.0 Å². The number of aryl methyl sites for hydroxylation is 2. The van der Waals surface area contributed by atoms with Crippen molar-refractivity contribution in [2.24, 2.45) is 0 Å². The van der Waals surface area contributed by atoms with Crippen LogP contribution in [0.4, 0.5) is 0 Å². The number of rotatable bonds is 10. The first-order valence-corrected chi connectivity index (χ1v) is 11.6. The maximum atomic E-state index is 12.6. The Bertz CT molecular complexity index is 1040. The summed E-state index contributed by atoms with van der Waals surface area (Å²) >= 11 is 0. The lowest BCUT2D eigenvalue weighted by Crippen LogP contribution is -2.27. The van der Waals surface area contributed by atoms with Gasteiger partial charge in [-0.2, -0.15) is 0 Å². The first kappa shape index (κ1) is 21.5. The molecule has 0 fully saturated rings. The van der Waals surface area contributed by atoms with Crippen molar-refractivity contribution in [1.29, 1.82) is 0 Å². The molecule has 6 nitrogen and oxygen atoms in total. The summed E-state index contributed by atoms with van der Waals surface area (Å²) in [4.78, 5) is 7.20. The minimum atomic E-state index is -3.52. The summed E-state index contributed by atoms with van der Waals surface area (Å²) in [5, 5.41) is 0. The fraction of sp³-hybridized carbons (Fsp3) is 0.409. The predicted octanol–water partition coefficient (Wildman–Crippen LogP) is 3.07. The SMILES string of the molecule is CCc1ccc(S(=O)(=O)NCCc2nc3ccccc3n2CCCN(C)C)cc1. The van der Waals surface area contributed by atoms with Crippen molar-refractivity contribution < 1.29 is 8.42 Å². The number of para-hydroxylation sites is 2. The summed E-state index contributed by atoms with van der Waals surface area (Å²) in [5.74, 6) is 0.911. The van der Waals surface area contributed by atoms with Gasteiger partial charge in [0.15, 0.2) is 0 Å². The van der Waals surface area contributed by atoms with Crippen molar-refractivity contribution >= 4 is 21.1 Å². The molecule has 29 heavy (non-hydrogen) atoms. The Morgan fingerprint density at radius 3 is 2.48 bits per heavy atom. The summed E-state index contributed by atoms with van der Waals surface area (Å²) in [6, 6.07) is 15.1. The van der Waals surface area contributed by atoms with Crippen LogP contribution in [0.15, 0.2) is 53.4 Å². The third-order valence-electron chi connectivity index (χ3n) is 5.00. The lowest BCUT2D eigenvalue weighted by molar-refractivity contribution is 0.386. The van der Waals surface area contributed by atoms with E-state index < -0.39 is 10.0 Å². The minimum Gasteiger partial charge on any atom is -0.328 e. The highest BCUT2D eigenvalue weighted by molar-refractivity contribution is 7.89. The Morgan fingerprint density at radius 2 is 1.79 bits per heavy atom. The molecule has 0 saturated carbocycles. The van der Waals surface area contributed by atoms with Crippen molar-refractivity contribution in [3.05, 3.63) is 59.9 Å². The van der Waals surface area contributed by atoms with Crippen molar-refractivity contribution in [3.8, 4) is 0 Å². The molecule has 0 bridgehead atoms. The fourth-order valence-electron chi connectivity index (χ4n) is 3.40. The molecule has 1 heterocycles. The van der Waals surface area contributed by atoms with Crippen molar-refractivity contribution in [1.82, 2.24) is 19.2 Å². The van der Waals surface area contributed by atoms with Gasteiger partial charge in [0.25, 0.3) is 0 Å². The van der Waals surface area contributed by atoms with Gasteiger partial charge in [-0.25, -0.2) is 18.1 Å². The Balaban J connectivity index is 1.70. The van der Waals surface area contributed by atoms with E-state index >= 15 is 0 Å². The molecule has 0 radical (unpaired) electrons. The van der Waals surface area contributed by atoms with E-state index in [1.54, 1.807) is 12.1 Å². The molecule has 0 unspecified atom stereocenters. The Kier molecular flexibility index (Phi) is 7.05. The van der Waals surface area contributed by atoms with Crippen molar-refractivity contribution in [3.63, 3.8) is 0 Å². The van der Waals surface area contributed by atoms with Gasteiger partial charge in [-0.15, -0.1) is 0 Å². The second-order valence-electron chi connectivity index (χ2n) is 7.47. The van der Waals surface area contributed by atoms with E-state index in [9.17, 15) is 8.42 Å². The molecule has 1 N–H and O–H groups in total. The van der Waals surface area contributed by atoms with Gasteiger partial charge in [0, 0.05) is 19.5 Å². The molecule has 0 atom stereocenters. The number of sulfonamides is 1. The molecular formula is C22H30N4O2S. The van der Waals surface area contributed by atoms with Gasteiger partial charge in [0.05, 0.1) is 15.9 Å². The van der Waals surface area contributed by atoms with E-state index in [0.717, 1.165) is 48.4 Å². The molecule has 0 amide bonds. The summed E-state index contributed by atoms with van der Waals surface area (Å²) in [7, 11) is 0.608. The van der Waals surface area contributed by atoms with Gasteiger partial charge >= 0.3 is 0 Å². The van der Waals surface area contributed by atoms with Gasteiger partial charge < -0.3 is 9.47 Å². The summed E-state index contributed by atoms with van der Waals surface area (Å²) < 4.78 is 30.1. The van der Waals surface area contributed by atoms with Crippen LogP contribution in [-0.2, 0) is 29.4 Å². The van der Waals surface area contributed by atoms with Gasteiger partial charge in [0.1, 0.15) is 5.82 Å². The molecule has 0 aliphatic heterocycles. The maximum Gasteiger partial charge on any atom is 0.240 e. The second-order valence-corrected chi connectivity index (χ2v) is 9.24. The van der Waals surface area contributed by atoms with Crippen LogP contribution in [-0.4, -0.2) is 50.1 Å². The highest BCUT2D eigenvalue weighted by atomic mass is 32.2. The molecule has 0 aliphatic rings. The number of imidazole rings is 1. The van der Waals surface area contributed by atoms with E-state index in [4.69, 9.17) is 4.98 Å². The van der Waals surface area contributed by atoms with E-state index in [-0.39, 0.29) is 0 Å². The molecule has 2 aromatic carbocycles. The number of hydrogen-bond acceptors (Lipinski definition) is 4. The van der Waals surface area contributed by atoms with Crippen molar-refractivity contribution in [2.45, 2.75) is 37.6 Å². The lowest BCUT2D eigenvalue weighted by Gasteiger charge is -2.13. The molecule has 0 spiro atoms. The van der Waals surface area contributed by atoms with Gasteiger partial charge in [-0.1, -0.05) is 31.2 Å². The van der Waals surface area contributed by atoms with Gasteiger partial charge in [-0.05, 0) is 63.3 Å². The van der Waals surface area contributed by atoms with Crippen LogP contribution in [0.3, 0.4) is 0 Å². The third-order valence-corrected chi connectivity index (χ3v) is 6.48. The minimum absolute atomic E-state index is 0.300. The van der Waals surface area contributed by atoms with E-state index in [1.165, 1.54) is 0 Å². The first-order valence-electron chi connectivity index (χ1n) is 10.1. The highest BCUT2D eigenvalue weighted by Gasteiger charge is 2.15. The Hall–Kier alpha value is -2.22. The third kappa shape index (κ3) is 5.44. The molecule has 156 valence electrons. The quantitative estimate of drug-likeness (QED) is 0.554. The number of nitrogens with one attached hydrogen (secondary N) is 1. The monoisotopic (exact) mass is 414 g/mol. The molecule has 3 aromatic rings. The fourth-order valence-corrected chi connectivity index (χ4v) is 4.43. The van der Waals surface area contributed by atoms with Crippen LogP contribution in [0.5, 0.6) is 0 Å². The predicted molar refractivity (Wildman–Crippen MR) is 118 cm³/mol. The topological polar surface area (TPSA) is 67.2 Å². The summed E-state index contributed by atoms with van der Waals surface area (Å²) in [5.41, 5.74) is 3.17. The molecule has 7 heteroatoms. The van der Waals surface area contributed by atoms with Gasteiger partial charge in [0.2, 0.25) is 10.0 Å². The number of hydrogen-bond donors (Lipinski definition) is 1. The summed E-state index contributed by atoms with van der Waals surface area (Å²) in [6.45, 7) is 4.22. The molecular weight excluding hydrogens is 384 g/mol. The van der Waals surface area contributed by atoms with E-state index in [0.29, 0.717) is 17.9 Å². The number of fused-ring (bicyclic) bond motifs is 1. The molecule has 3 rings (SSSR count). The van der Waals surface area contributed by atoms with Crippen LogP contribution in [0, 0.1) is 0 Å². The number of benzene rings is 2. The lowest BCUT2D eigenvalue weighted by atomic mass is 10.2. The molecule has 0 saturated heterocycles. The van der Waals surface area contributed by atoms with Crippen LogP contribution in [0.2, 0.25) is 0 Å². The summed E-state index contributed by atoms with van der Waals surface area (Å²) in [6.07, 6.45) is 2.44. The molecule has 1 aromatic heterocycles. The second kappa shape index (κ2) is 9.52. The Morgan fingerprint density at radius 1 is 1.07 bits per heavy atom. The van der Waals surface area contributed by atoms with Crippen LogP contribution in [0.1, 0.15) is 24.7 Å². The smallest absolute Gasteiger partial charge is 0.240 e.